The van der Waals surface area contributed by atoms with E-state index in [4.69, 9.17) is 9.97 Å². The molecule has 1 aliphatic rings. The Labute approximate surface area is 208 Å². The van der Waals surface area contributed by atoms with E-state index in [-0.39, 0.29) is 5.82 Å². The van der Waals surface area contributed by atoms with Crippen molar-refractivity contribution in [1.29, 1.82) is 0 Å². The van der Waals surface area contributed by atoms with Gasteiger partial charge < -0.3 is 9.88 Å². The summed E-state index contributed by atoms with van der Waals surface area (Å²) in [5.74, 6) is 2.01. The number of alkyl halides is 3. The van der Waals surface area contributed by atoms with Gasteiger partial charge in [0.15, 0.2) is 11.5 Å². The number of thiophene rings is 1. The van der Waals surface area contributed by atoms with E-state index in [1.807, 2.05) is 23.6 Å². The van der Waals surface area contributed by atoms with Crippen LogP contribution in [0.3, 0.4) is 0 Å². The average Bonchev–Trinajstić information content (AvgIpc) is 3.47. The number of nitrogens with one attached hydrogen (secondary N) is 1. The van der Waals surface area contributed by atoms with Crippen LogP contribution < -0.4 is 5.32 Å². The molecule has 1 saturated carbocycles. The molecule has 7 nitrogen and oxygen atoms in total. The molecular weight excluding hydrogens is 487 g/mol. The second kappa shape index (κ2) is 8.66. The number of hydrogen-bond acceptors (Lipinski definition) is 7. The van der Waals surface area contributed by atoms with Crippen LogP contribution in [0.4, 0.5) is 19.0 Å². The number of nitrogens with zero attached hydrogens (tertiary/aromatic N) is 6. The lowest BCUT2D eigenvalue weighted by Crippen LogP contribution is -2.05. The van der Waals surface area contributed by atoms with Crippen LogP contribution >= 0.6 is 11.3 Å². The number of imidazole rings is 1. The molecule has 0 aliphatic heterocycles. The van der Waals surface area contributed by atoms with Crippen LogP contribution in [0.5, 0.6) is 0 Å². The fourth-order valence-electron chi connectivity index (χ4n) is 4.13. The highest BCUT2D eigenvalue weighted by molar-refractivity contribution is 7.16. The first kappa shape index (κ1) is 22.6. The van der Waals surface area contributed by atoms with Crippen LogP contribution in [-0.4, -0.2) is 29.5 Å². The smallest absolute Gasteiger partial charge is 0.365 e. The number of aromatic nitrogens is 6. The molecule has 1 fully saturated rings. The van der Waals surface area contributed by atoms with Crippen LogP contribution in [0.25, 0.3) is 33.0 Å². The van der Waals surface area contributed by atoms with Crippen molar-refractivity contribution in [3.63, 3.8) is 0 Å². The third kappa shape index (κ3) is 4.30. The number of benzene rings is 1. The SMILES string of the molecule is Cn1cc(C(F)(F)F)nc1-c1ccc(CNc2nc(-c3cncnc3C3CC3)nc3sccc23)cc1. The molecule has 4 heterocycles. The van der Waals surface area contributed by atoms with Crippen LogP contribution in [0.15, 0.2) is 54.4 Å². The van der Waals surface area contributed by atoms with E-state index in [9.17, 15) is 13.2 Å². The van der Waals surface area contributed by atoms with Gasteiger partial charge in [0.05, 0.1) is 16.6 Å². The number of fused-ring (bicyclic) bond motifs is 1. The molecule has 4 aromatic heterocycles. The standard InChI is InChI=1S/C25H20F3N7S/c1-35-12-19(25(26,27)28)32-23(35)16-4-2-14(3-5-16)10-30-21-17-8-9-36-24(17)34-22(33-21)18-11-29-13-31-20(18)15-6-7-15/h2-5,8-9,11-13,15H,6-7,10H2,1H3,(H,30,33,34). The average molecular weight is 508 g/mol. The van der Waals surface area contributed by atoms with Gasteiger partial charge in [0, 0.05) is 37.5 Å². The summed E-state index contributed by atoms with van der Waals surface area (Å²) < 4.78 is 40.4. The third-order valence-corrected chi connectivity index (χ3v) is 6.92. The van der Waals surface area contributed by atoms with Gasteiger partial charge in [0.2, 0.25) is 0 Å². The maximum atomic E-state index is 13.0. The molecule has 1 N–H and O–H groups in total. The quantitative estimate of drug-likeness (QED) is 0.301. The zero-order valence-electron chi connectivity index (χ0n) is 19.1. The Bertz CT molecular complexity index is 1550. The molecule has 6 rings (SSSR count). The molecule has 1 aromatic carbocycles. The Balaban J connectivity index is 1.25. The largest absolute Gasteiger partial charge is 0.434 e. The Kier molecular flexibility index (Phi) is 5.44. The molecular formula is C25H20F3N7S. The molecule has 0 saturated heterocycles. The van der Waals surface area contributed by atoms with E-state index in [2.05, 4.69) is 20.3 Å². The van der Waals surface area contributed by atoms with Gasteiger partial charge in [0.1, 0.15) is 22.8 Å². The van der Waals surface area contributed by atoms with Gasteiger partial charge >= 0.3 is 6.18 Å². The third-order valence-electron chi connectivity index (χ3n) is 6.11. The van der Waals surface area contributed by atoms with E-state index in [0.717, 1.165) is 46.1 Å². The lowest BCUT2D eigenvalue weighted by Gasteiger charge is -2.11. The van der Waals surface area contributed by atoms with Crippen molar-refractivity contribution in [2.24, 2.45) is 7.05 Å². The lowest BCUT2D eigenvalue weighted by atomic mass is 10.1. The monoisotopic (exact) mass is 507 g/mol. The number of aryl methyl sites for hydroxylation is 1. The Morgan fingerprint density at radius 2 is 1.89 bits per heavy atom. The van der Waals surface area contributed by atoms with Gasteiger partial charge in [-0.25, -0.2) is 24.9 Å². The van der Waals surface area contributed by atoms with E-state index in [1.165, 1.54) is 4.57 Å². The van der Waals surface area contributed by atoms with Crippen LogP contribution in [0, 0.1) is 0 Å². The van der Waals surface area contributed by atoms with Gasteiger partial charge in [-0.1, -0.05) is 24.3 Å². The van der Waals surface area contributed by atoms with Crippen molar-refractivity contribution >= 4 is 27.4 Å². The zero-order valence-corrected chi connectivity index (χ0v) is 19.9. The van der Waals surface area contributed by atoms with Crippen LogP contribution in [0.1, 0.15) is 35.7 Å². The summed E-state index contributed by atoms with van der Waals surface area (Å²) in [4.78, 5) is 22.9. The Hall–Kier alpha value is -3.86. The van der Waals surface area contributed by atoms with Crippen molar-refractivity contribution in [2.75, 3.05) is 5.32 Å². The van der Waals surface area contributed by atoms with Crippen LogP contribution in [0.2, 0.25) is 0 Å². The van der Waals surface area contributed by atoms with Gasteiger partial charge in [-0.05, 0) is 29.9 Å². The molecule has 0 bridgehead atoms. The van der Waals surface area contributed by atoms with E-state index in [1.54, 1.807) is 43.0 Å². The van der Waals surface area contributed by atoms with Crippen LogP contribution in [-0.2, 0) is 19.8 Å². The lowest BCUT2D eigenvalue weighted by molar-refractivity contribution is -0.140. The van der Waals surface area contributed by atoms with E-state index in [0.29, 0.717) is 29.7 Å². The molecule has 182 valence electrons. The molecule has 11 heteroatoms. The molecule has 5 aromatic rings. The molecule has 36 heavy (non-hydrogen) atoms. The summed E-state index contributed by atoms with van der Waals surface area (Å²) in [7, 11) is 1.55. The topological polar surface area (TPSA) is 81.4 Å². The minimum absolute atomic E-state index is 0.263. The predicted molar refractivity (Wildman–Crippen MR) is 131 cm³/mol. The maximum absolute atomic E-state index is 13.0. The molecule has 0 amide bonds. The summed E-state index contributed by atoms with van der Waals surface area (Å²) >= 11 is 1.55. The second-order valence-corrected chi connectivity index (χ2v) is 9.63. The fourth-order valence-corrected chi connectivity index (χ4v) is 4.90. The van der Waals surface area contributed by atoms with Crippen molar-refractivity contribution in [1.82, 2.24) is 29.5 Å². The molecule has 0 unspecified atom stereocenters. The highest BCUT2D eigenvalue weighted by Gasteiger charge is 2.34. The first-order chi connectivity index (χ1) is 17.4. The molecule has 0 radical (unpaired) electrons. The minimum Gasteiger partial charge on any atom is -0.365 e. The normalized spacial score (nSPS) is 13.9. The Morgan fingerprint density at radius 1 is 1.08 bits per heavy atom. The van der Waals surface area contributed by atoms with E-state index < -0.39 is 11.9 Å². The second-order valence-electron chi connectivity index (χ2n) is 8.74. The van der Waals surface area contributed by atoms with Gasteiger partial charge in [-0.3, -0.25) is 0 Å². The first-order valence-corrected chi connectivity index (χ1v) is 12.2. The van der Waals surface area contributed by atoms with Crippen molar-refractivity contribution < 1.29 is 13.2 Å². The van der Waals surface area contributed by atoms with E-state index >= 15 is 0 Å². The highest BCUT2D eigenvalue weighted by Crippen LogP contribution is 2.43. The highest BCUT2D eigenvalue weighted by atomic mass is 32.1. The summed E-state index contributed by atoms with van der Waals surface area (Å²) in [6.07, 6.45) is 2.09. The number of halogens is 3. The summed E-state index contributed by atoms with van der Waals surface area (Å²) in [6.45, 7) is 0.483. The molecule has 1 aliphatic carbocycles. The molecule has 0 atom stereocenters. The fraction of sp³-hybridized carbons (Fsp3) is 0.240. The summed E-state index contributed by atoms with van der Waals surface area (Å²) in [5, 5.41) is 6.31. The van der Waals surface area contributed by atoms with Crippen molar-refractivity contribution in [3.8, 4) is 22.8 Å². The zero-order chi connectivity index (χ0) is 24.9. The van der Waals surface area contributed by atoms with Gasteiger partial charge in [0.25, 0.3) is 0 Å². The summed E-state index contributed by atoms with van der Waals surface area (Å²) in [5.41, 5.74) is 2.51. The Morgan fingerprint density at radius 3 is 2.61 bits per heavy atom. The first-order valence-electron chi connectivity index (χ1n) is 11.4. The number of anilines is 1. The summed E-state index contributed by atoms with van der Waals surface area (Å²) in [6, 6.07) is 9.27. The van der Waals surface area contributed by atoms with Gasteiger partial charge in [-0.2, -0.15) is 13.2 Å². The predicted octanol–water partition coefficient (Wildman–Crippen LogP) is 6.06. The number of rotatable bonds is 6. The number of hydrogen-bond donors (Lipinski definition) is 1. The molecule has 0 spiro atoms. The van der Waals surface area contributed by atoms with Crippen molar-refractivity contribution in [3.05, 3.63) is 71.4 Å². The van der Waals surface area contributed by atoms with Crippen molar-refractivity contribution in [2.45, 2.75) is 31.5 Å². The maximum Gasteiger partial charge on any atom is 0.434 e. The van der Waals surface area contributed by atoms with Gasteiger partial charge in [-0.15, -0.1) is 11.3 Å². The minimum atomic E-state index is -4.48.